The predicted molar refractivity (Wildman–Crippen MR) is 96.3 cm³/mol. The minimum absolute atomic E-state index is 0.0457. The molecule has 0 N–H and O–H groups in total. The quantitative estimate of drug-likeness (QED) is 0.752. The van der Waals surface area contributed by atoms with Gasteiger partial charge in [-0.2, -0.15) is 0 Å². The molecule has 2 rings (SSSR count). The standard InChI is InChI=1S/C19H33N3O3/c1-7-19(5,6)25-16(23)13-24-15-12-10-8-9-11-14-17(15)20-21-22(14)18(2,3)4/h15H,7-13H2,1-6H3. The molecule has 1 heterocycles. The second-order valence-corrected chi connectivity index (χ2v) is 8.49. The molecule has 0 fully saturated rings. The summed E-state index contributed by atoms with van der Waals surface area (Å²) in [6.45, 7) is 12.2. The van der Waals surface area contributed by atoms with E-state index in [1.165, 1.54) is 0 Å². The molecule has 1 aromatic rings. The van der Waals surface area contributed by atoms with Gasteiger partial charge in [0.2, 0.25) is 0 Å². The van der Waals surface area contributed by atoms with Crippen molar-refractivity contribution in [2.45, 2.75) is 97.3 Å². The minimum Gasteiger partial charge on any atom is -0.458 e. The average molecular weight is 351 g/mol. The number of carbonyl (C=O) groups excluding carboxylic acids is 1. The molecular weight excluding hydrogens is 318 g/mol. The second-order valence-electron chi connectivity index (χ2n) is 8.49. The van der Waals surface area contributed by atoms with Crippen molar-refractivity contribution >= 4 is 5.97 Å². The van der Waals surface area contributed by atoms with Gasteiger partial charge in [-0.15, -0.1) is 5.10 Å². The van der Waals surface area contributed by atoms with Gasteiger partial charge >= 0.3 is 5.97 Å². The fourth-order valence-electron chi connectivity index (χ4n) is 3.01. The molecule has 0 aromatic carbocycles. The smallest absolute Gasteiger partial charge is 0.332 e. The maximum atomic E-state index is 12.1. The second kappa shape index (κ2) is 7.85. The third kappa shape index (κ3) is 5.27. The van der Waals surface area contributed by atoms with Gasteiger partial charge in [-0.1, -0.05) is 25.0 Å². The predicted octanol–water partition coefficient (Wildman–Crippen LogP) is 3.94. The van der Waals surface area contributed by atoms with E-state index in [0.717, 1.165) is 49.9 Å². The van der Waals surface area contributed by atoms with E-state index in [4.69, 9.17) is 9.47 Å². The normalized spacial score (nSPS) is 19.0. The van der Waals surface area contributed by atoms with Gasteiger partial charge in [0.25, 0.3) is 0 Å². The van der Waals surface area contributed by atoms with Gasteiger partial charge < -0.3 is 9.47 Å². The van der Waals surface area contributed by atoms with E-state index in [1.807, 2.05) is 25.5 Å². The molecule has 0 saturated heterocycles. The van der Waals surface area contributed by atoms with E-state index >= 15 is 0 Å². The Morgan fingerprint density at radius 3 is 2.56 bits per heavy atom. The summed E-state index contributed by atoms with van der Waals surface area (Å²) in [5.41, 5.74) is 1.45. The Hall–Kier alpha value is -1.43. The van der Waals surface area contributed by atoms with Gasteiger partial charge in [-0.25, -0.2) is 9.48 Å². The van der Waals surface area contributed by atoms with Crippen LogP contribution in [0.4, 0.5) is 0 Å². The van der Waals surface area contributed by atoms with Gasteiger partial charge in [-0.05, 0) is 60.3 Å². The number of aromatic nitrogens is 3. The molecule has 0 bridgehead atoms. The first-order chi connectivity index (χ1) is 11.6. The fourth-order valence-corrected chi connectivity index (χ4v) is 3.01. The highest BCUT2D eigenvalue weighted by molar-refractivity contribution is 5.71. The molecule has 1 aliphatic rings. The zero-order valence-electron chi connectivity index (χ0n) is 16.6. The minimum atomic E-state index is -0.456. The van der Waals surface area contributed by atoms with Crippen LogP contribution in [0.15, 0.2) is 0 Å². The number of nitrogens with zero attached hydrogens (tertiary/aromatic N) is 3. The highest BCUT2D eigenvalue weighted by Crippen LogP contribution is 2.31. The average Bonchev–Trinajstić information content (AvgIpc) is 2.89. The maximum absolute atomic E-state index is 12.1. The summed E-state index contributed by atoms with van der Waals surface area (Å²) in [6.07, 6.45) is 5.75. The molecule has 6 nitrogen and oxygen atoms in total. The number of fused-ring (bicyclic) bond motifs is 1. The van der Waals surface area contributed by atoms with E-state index < -0.39 is 5.60 Å². The molecule has 1 aromatic heterocycles. The van der Waals surface area contributed by atoms with Gasteiger partial charge in [0.15, 0.2) is 0 Å². The van der Waals surface area contributed by atoms with Crippen LogP contribution in [0.1, 0.15) is 91.1 Å². The van der Waals surface area contributed by atoms with Gasteiger partial charge in [-0.3, -0.25) is 0 Å². The lowest BCUT2D eigenvalue weighted by Crippen LogP contribution is -2.30. The summed E-state index contributed by atoms with van der Waals surface area (Å²) < 4.78 is 13.4. The third-order valence-corrected chi connectivity index (χ3v) is 4.76. The summed E-state index contributed by atoms with van der Waals surface area (Å²) in [7, 11) is 0. The van der Waals surface area contributed by atoms with Crippen LogP contribution in [0, 0.1) is 0 Å². The van der Waals surface area contributed by atoms with Crippen LogP contribution in [-0.2, 0) is 26.2 Å². The molecule has 0 aliphatic heterocycles. The Kier molecular flexibility index (Phi) is 6.25. The van der Waals surface area contributed by atoms with Crippen molar-refractivity contribution in [1.29, 1.82) is 0 Å². The van der Waals surface area contributed by atoms with Crippen molar-refractivity contribution in [2.24, 2.45) is 0 Å². The van der Waals surface area contributed by atoms with Crippen LogP contribution in [0.5, 0.6) is 0 Å². The Morgan fingerprint density at radius 2 is 1.92 bits per heavy atom. The van der Waals surface area contributed by atoms with Gasteiger partial charge in [0, 0.05) is 0 Å². The Bertz CT molecular complexity index is 587. The Morgan fingerprint density at radius 1 is 1.20 bits per heavy atom. The lowest BCUT2D eigenvalue weighted by molar-refractivity contribution is -0.164. The highest BCUT2D eigenvalue weighted by Gasteiger charge is 2.29. The highest BCUT2D eigenvalue weighted by atomic mass is 16.6. The van der Waals surface area contributed by atoms with Crippen LogP contribution in [-0.4, -0.2) is 33.2 Å². The number of esters is 1. The zero-order valence-corrected chi connectivity index (χ0v) is 16.6. The monoisotopic (exact) mass is 351 g/mol. The topological polar surface area (TPSA) is 66.2 Å². The molecular formula is C19H33N3O3. The van der Waals surface area contributed by atoms with Crippen molar-refractivity contribution in [3.8, 4) is 0 Å². The molecule has 0 spiro atoms. The summed E-state index contributed by atoms with van der Waals surface area (Å²) in [6, 6.07) is 0. The summed E-state index contributed by atoms with van der Waals surface area (Å²) >= 11 is 0. The van der Waals surface area contributed by atoms with Gasteiger partial charge in [0.1, 0.15) is 24.0 Å². The van der Waals surface area contributed by atoms with E-state index in [0.29, 0.717) is 0 Å². The molecule has 1 atom stereocenters. The van der Waals surface area contributed by atoms with Crippen molar-refractivity contribution in [1.82, 2.24) is 15.0 Å². The number of rotatable bonds is 5. The molecule has 0 radical (unpaired) electrons. The third-order valence-electron chi connectivity index (χ3n) is 4.76. The first kappa shape index (κ1) is 19.9. The molecule has 6 heteroatoms. The lowest BCUT2D eigenvalue weighted by atomic mass is 9.97. The summed E-state index contributed by atoms with van der Waals surface area (Å²) in [5, 5.41) is 8.78. The van der Waals surface area contributed by atoms with E-state index in [-0.39, 0.29) is 24.2 Å². The van der Waals surface area contributed by atoms with Crippen LogP contribution in [0.25, 0.3) is 0 Å². The molecule has 0 saturated carbocycles. The van der Waals surface area contributed by atoms with E-state index in [9.17, 15) is 4.79 Å². The zero-order chi connectivity index (χ0) is 18.7. The fraction of sp³-hybridized carbons (Fsp3) is 0.842. The molecule has 1 aliphatic carbocycles. The van der Waals surface area contributed by atoms with Gasteiger partial charge in [0.05, 0.1) is 11.2 Å². The summed E-state index contributed by atoms with van der Waals surface area (Å²) in [5.74, 6) is -0.321. The first-order valence-electron chi connectivity index (χ1n) is 9.42. The molecule has 0 amide bonds. The number of hydrogen-bond acceptors (Lipinski definition) is 5. The SMILES string of the molecule is CCC(C)(C)OC(=O)COC1CCCCCc2c1nnn2C(C)(C)C. The summed E-state index contributed by atoms with van der Waals surface area (Å²) in [4.78, 5) is 12.1. The number of carbonyl (C=O) groups is 1. The molecule has 25 heavy (non-hydrogen) atoms. The van der Waals surface area contributed by atoms with Crippen LogP contribution < -0.4 is 0 Å². The maximum Gasteiger partial charge on any atom is 0.332 e. The van der Waals surface area contributed by atoms with Crippen molar-refractivity contribution in [3.63, 3.8) is 0 Å². The Balaban J connectivity index is 2.11. The number of ether oxygens (including phenoxy) is 2. The van der Waals surface area contributed by atoms with Crippen molar-refractivity contribution < 1.29 is 14.3 Å². The Labute approximate surface area is 151 Å². The van der Waals surface area contributed by atoms with E-state index in [2.05, 4.69) is 31.1 Å². The van der Waals surface area contributed by atoms with E-state index in [1.54, 1.807) is 0 Å². The molecule has 142 valence electrons. The largest absolute Gasteiger partial charge is 0.458 e. The van der Waals surface area contributed by atoms with Crippen molar-refractivity contribution in [3.05, 3.63) is 11.4 Å². The van der Waals surface area contributed by atoms with Crippen LogP contribution in [0.3, 0.4) is 0 Å². The van der Waals surface area contributed by atoms with Crippen LogP contribution in [0.2, 0.25) is 0 Å². The lowest BCUT2D eigenvalue weighted by Gasteiger charge is -2.26. The number of hydrogen-bond donors (Lipinski definition) is 0. The first-order valence-corrected chi connectivity index (χ1v) is 9.42. The van der Waals surface area contributed by atoms with Crippen LogP contribution >= 0.6 is 0 Å². The van der Waals surface area contributed by atoms with Crippen molar-refractivity contribution in [2.75, 3.05) is 6.61 Å². The molecule has 1 unspecified atom stereocenters.